The highest BCUT2D eigenvalue weighted by molar-refractivity contribution is 5.81. The Balaban J connectivity index is 1.73. The summed E-state index contributed by atoms with van der Waals surface area (Å²) >= 11 is 0. The number of carbonyl (C=O) groups is 1. The minimum Gasteiger partial charge on any atom is -0.444 e. The zero-order valence-electron chi connectivity index (χ0n) is 15.1. The molecule has 0 aliphatic carbocycles. The molecule has 26 heavy (non-hydrogen) atoms. The van der Waals surface area contributed by atoms with Crippen LogP contribution >= 0.6 is 0 Å². The summed E-state index contributed by atoms with van der Waals surface area (Å²) in [6.45, 7) is 5.66. The van der Waals surface area contributed by atoms with E-state index in [1.54, 1.807) is 25.3 Å². The van der Waals surface area contributed by atoms with Gasteiger partial charge in [0.25, 0.3) is 0 Å². The SMILES string of the molecule is CC(C)(C)OC(=O)N1CC[C@@](O)(Cn2cnc3c(N)ncnc32)[C@H](O)C1. The Hall–Kier alpha value is -2.46. The number of carbonyl (C=O) groups excluding carboxylic acids is 1. The van der Waals surface area contributed by atoms with Gasteiger partial charge in [0.1, 0.15) is 29.2 Å². The molecule has 4 N–H and O–H groups in total. The van der Waals surface area contributed by atoms with Crippen molar-refractivity contribution in [2.45, 2.75) is 51.0 Å². The summed E-state index contributed by atoms with van der Waals surface area (Å²) in [6, 6.07) is 0. The predicted octanol–water partition coefficient (Wildman–Crippen LogP) is 0.141. The molecule has 142 valence electrons. The molecular weight excluding hydrogens is 340 g/mol. The standard InChI is InChI=1S/C16H24N6O4/c1-15(2,3)26-14(24)21-5-4-16(25,10(23)6-21)7-22-9-20-11-12(17)18-8-19-13(11)22/h8-10,23,25H,4-7H2,1-3H3,(H2,17,18,19)/t10-,16-/m1/s1. The average Bonchev–Trinajstić information content (AvgIpc) is 2.93. The van der Waals surface area contributed by atoms with Crippen molar-refractivity contribution < 1.29 is 19.7 Å². The summed E-state index contributed by atoms with van der Waals surface area (Å²) in [6.07, 6.45) is 1.36. The highest BCUT2D eigenvalue weighted by Gasteiger charge is 2.43. The van der Waals surface area contributed by atoms with E-state index in [1.165, 1.54) is 17.6 Å². The van der Waals surface area contributed by atoms with Crippen LogP contribution in [0, 0.1) is 0 Å². The fourth-order valence-electron chi connectivity index (χ4n) is 2.95. The number of β-amino-alcohol motifs (C(OH)–C–C–N with tert-alkyl or cyclic N) is 1. The second-order valence-corrected chi connectivity index (χ2v) is 7.60. The van der Waals surface area contributed by atoms with Crippen LogP contribution in [0.3, 0.4) is 0 Å². The van der Waals surface area contributed by atoms with Crippen molar-refractivity contribution in [3.05, 3.63) is 12.7 Å². The van der Waals surface area contributed by atoms with Gasteiger partial charge >= 0.3 is 6.09 Å². The minimum atomic E-state index is -1.42. The van der Waals surface area contributed by atoms with Crippen LogP contribution in [0.1, 0.15) is 27.2 Å². The van der Waals surface area contributed by atoms with Gasteiger partial charge in [0.15, 0.2) is 11.5 Å². The Morgan fingerprint density at radius 1 is 1.42 bits per heavy atom. The Kier molecular flexibility index (Phi) is 4.49. The zero-order chi connectivity index (χ0) is 19.1. The smallest absolute Gasteiger partial charge is 0.410 e. The first-order valence-electron chi connectivity index (χ1n) is 8.39. The van der Waals surface area contributed by atoms with Crippen molar-refractivity contribution in [2.24, 2.45) is 0 Å². The monoisotopic (exact) mass is 364 g/mol. The van der Waals surface area contributed by atoms with Gasteiger partial charge in [0.05, 0.1) is 19.4 Å². The molecule has 1 fully saturated rings. The van der Waals surface area contributed by atoms with Crippen molar-refractivity contribution >= 4 is 23.1 Å². The summed E-state index contributed by atoms with van der Waals surface area (Å²) in [5, 5.41) is 21.4. The molecule has 1 aliphatic rings. The lowest BCUT2D eigenvalue weighted by Gasteiger charge is -2.42. The highest BCUT2D eigenvalue weighted by Crippen LogP contribution is 2.27. The number of nitrogen functional groups attached to an aromatic ring is 1. The van der Waals surface area contributed by atoms with Crippen LogP contribution in [0.4, 0.5) is 10.6 Å². The number of imidazole rings is 1. The lowest BCUT2D eigenvalue weighted by Crippen LogP contribution is -2.59. The number of hydrogen-bond acceptors (Lipinski definition) is 8. The molecule has 3 rings (SSSR count). The van der Waals surface area contributed by atoms with E-state index >= 15 is 0 Å². The van der Waals surface area contributed by atoms with Crippen LogP contribution in [0.25, 0.3) is 11.2 Å². The molecule has 0 spiro atoms. The van der Waals surface area contributed by atoms with Crippen LogP contribution < -0.4 is 5.73 Å². The van der Waals surface area contributed by atoms with Crippen LogP contribution in [-0.4, -0.2) is 71.1 Å². The summed E-state index contributed by atoms with van der Waals surface area (Å²) in [4.78, 5) is 25.7. The number of amides is 1. The number of piperidine rings is 1. The largest absolute Gasteiger partial charge is 0.444 e. The second-order valence-electron chi connectivity index (χ2n) is 7.60. The molecular formula is C16H24N6O4. The van der Waals surface area contributed by atoms with E-state index in [4.69, 9.17) is 10.5 Å². The molecule has 0 saturated carbocycles. The molecule has 1 saturated heterocycles. The first-order valence-corrected chi connectivity index (χ1v) is 8.39. The third-order valence-corrected chi connectivity index (χ3v) is 4.35. The number of nitrogens with two attached hydrogens (primary N) is 1. The van der Waals surface area contributed by atoms with Gasteiger partial charge in [0.2, 0.25) is 0 Å². The van der Waals surface area contributed by atoms with E-state index in [1.807, 2.05) is 0 Å². The number of likely N-dealkylation sites (tertiary alicyclic amines) is 1. The lowest BCUT2D eigenvalue weighted by atomic mass is 9.88. The number of aliphatic hydroxyl groups excluding tert-OH is 1. The fourth-order valence-corrected chi connectivity index (χ4v) is 2.95. The number of fused-ring (bicyclic) bond motifs is 1. The van der Waals surface area contributed by atoms with Gasteiger partial charge < -0.3 is 30.2 Å². The van der Waals surface area contributed by atoms with Gasteiger partial charge in [-0.15, -0.1) is 0 Å². The fraction of sp³-hybridized carbons (Fsp3) is 0.625. The average molecular weight is 364 g/mol. The van der Waals surface area contributed by atoms with Gasteiger partial charge in [-0.1, -0.05) is 0 Å². The van der Waals surface area contributed by atoms with E-state index in [9.17, 15) is 15.0 Å². The van der Waals surface area contributed by atoms with Gasteiger partial charge in [-0.25, -0.2) is 19.7 Å². The van der Waals surface area contributed by atoms with E-state index in [-0.39, 0.29) is 31.9 Å². The van der Waals surface area contributed by atoms with Gasteiger partial charge in [-0.2, -0.15) is 0 Å². The molecule has 2 aromatic rings. The van der Waals surface area contributed by atoms with Crippen LogP contribution in [0.5, 0.6) is 0 Å². The molecule has 3 heterocycles. The summed E-state index contributed by atoms with van der Waals surface area (Å²) in [5.74, 6) is 0.251. The molecule has 0 aromatic carbocycles. The van der Waals surface area contributed by atoms with Gasteiger partial charge in [0, 0.05) is 6.54 Å². The first kappa shape index (κ1) is 18.3. The van der Waals surface area contributed by atoms with Crippen molar-refractivity contribution in [2.75, 3.05) is 18.8 Å². The highest BCUT2D eigenvalue weighted by atomic mass is 16.6. The number of aliphatic hydroxyl groups is 2. The Labute approximate surface area is 150 Å². The third-order valence-electron chi connectivity index (χ3n) is 4.35. The van der Waals surface area contributed by atoms with E-state index in [0.29, 0.717) is 11.2 Å². The molecule has 0 unspecified atom stereocenters. The summed E-state index contributed by atoms with van der Waals surface area (Å²) in [5.41, 5.74) is 4.64. The van der Waals surface area contributed by atoms with Crippen molar-refractivity contribution in [1.29, 1.82) is 0 Å². The van der Waals surface area contributed by atoms with E-state index in [2.05, 4.69) is 15.0 Å². The maximum absolute atomic E-state index is 12.2. The Morgan fingerprint density at radius 3 is 2.81 bits per heavy atom. The molecule has 10 heteroatoms. The lowest BCUT2D eigenvalue weighted by molar-refractivity contribution is -0.125. The predicted molar refractivity (Wildman–Crippen MR) is 93.1 cm³/mol. The van der Waals surface area contributed by atoms with Crippen molar-refractivity contribution in [3.63, 3.8) is 0 Å². The summed E-state index contributed by atoms with van der Waals surface area (Å²) < 4.78 is 6.94. The zero-order valence-corrected chi connectivity index (χ0v) is 15.1. The first-order chi connectivity index (χ1) is 12.1. The van der Waals surface area contributed by atoms with Crippen molar-refractivity contribution in [1.82, 2.24) is 24.4 Å². The maximum atomic E-state index is 12.2. The second kappa shape index (κ2) is 6.36. The summed E-state index contributed by atoms with van der Waals surface area (Å²) in [7, 11) is 0. The number of hydrogen-bond donors (Lipinski definition) is 3. The molecule has 1 amide bonds. The third kappa shape index (κ3) is 3.56. The van der Waals surface area contributed by atoms with Gasteiger partial charge in [-0.05, 0) is 27.2 Å². The number of nitrogens with zero attached hydrogens (tertiary/aromatic N) is 5. The molecule has 0 bridgehead atoms. The van der Waals surface area contributed by atoms with Crippen LogP contribution in [0.15, 0.2) is 12.7 Å². The molecule has 0 radical (unpaired) electrons. The van der Waals surface area contributed by atoms with Crippen molar-refractivity contribution in [3.8, 4) is 0 Å². The number of ether oxygens (including phenoxy) is 1. The maximum Gasteiger partial charge on any atom is 0.410 e. The topological polar surface area (TPSA) is 140 Å². The number of rotatable bonds is 2. The molecule has 10 nitrogen and oxygen atoms in total. The van der Waals surface area contributed by atoms with E-state index in [0.717, 1.165) is 0 Å². The Morgan fingerprint density at radius 2 is 2.15 bits per heavy atom. The van der Waals surface area contributed by atoms with Crippen LogP contribution in [-0.2, 0) is 11.3 Å². The molecule has 1 aliphatic heterocycles. The number of anilines is 1. The quantitative estimate of drug-likeness (QED) is 0.684. The van der Waals surface area contributed by atoms with Gasteiger partial charge in [-0.3, -0.25) is 0 Å². The molecule has 2 aromatic heterocycles. The van der Waals surface area contributed by atoms with Crippen LogP contribution in [0.2, 0.25) is 0 Å². The van der Waals surface area contributed by atoms with E-state index < -0.39 is 23.4 Å². The minimum absolute atomic E-state index is 0.0187. The Bertz CT molecular complexity index is 817. The molecule has 2 atom stereocenters. The normalized spacial score (nSPS) is 24.0. The number of aromatic nitrogens is 4.